The van der Waals surface area contributed by atoms with E-state index in [1.807, 2.05) is 4.90 Å². The van der Waals surface area contributed by atoms with Crippen molar-refractivity contribution in [2.45, 2.75) is 37.8 Å². The summed E-state index contributed by atoms with van der Waals surface area (Å²) in [6.07, 6.45) is 3.05. The van der Waals surface area contributed by atoms with E-state index < -0.39 is 6.04 Å². The molecule has 1 aliphatic heterocycles. The Hall–Kier alpha value is -1.18. The van der Waals surface area contributed by atoms with Crippen LogP contribution in [0, 0.1) is 0 Å². The first kappa shape index (κ1) is 16.9. The molecule has 116 valence electrons. The Balaban J connectivity index is 2.22. The summed E-state index contributed by atoms with van der Waals surface area (Å²) in [5, 5.41) is 2.97. The Morgan fingerprint density at radius 2 is 2.05 bits per heavy atom. The fraction of sp³-hybridized carbons (Fsp3) is 0.846. The third-order valence-electron chi connectivity index (χ3n) is 3.51. The molecule has 7 nitrogen and oxygen atoms in total. The van der Waals surface area contributed by atoms with Crippen LogP contribution in [0.4, 0.5) is 0 Å². The zero-order valence-corrected chi connectivity index (χ0v) is 12.1. The Bertz CT molecular complexity index is 317. The summed E-state index contributed by atoms with van der Waals surface area (Å²) >= 11 is 0. The first-order valence-electron chi connectivity index (χ1n) is 7.08. The number of nitrogens with zero attached hydrogens (tertiary/aromatic N) is 1. The lowest BCUT2D eigenvalue weighted by molar-refractivity contribution is -0.124. The molecule has 1 atom stereocenters. The van der Waals surface area contributed by atoms with Gasteiger partial charge in [0.2, 0.25) is 11.8 Å². The summed E-state index contributed by atoms with van der Waals surface area (Å²) in [7, 11) is 1.63. The first-order chi connectivity index (χ1) is 9.52. The molecule has 1 fully saturated rings. The second kappa shape index (κ2) is 8.89. The maximum Gasteiger partial charge on any atom is 0.237 e. The zero-order valence-electron chi connectivity index (χ0n) is 12.1. The molecular weight excluding hydrogens is 260 g/mol. The average Bonchev–Trinajstić information content (AvgIpc) is 2.40. The van der Waals surface area contributed by atoms with E-state index in [4.69, 9.17) is 16.2 Å². The van der Waals surface area contributed by atoms with E-state index in [0.717, 1.165) is 32.4 Å². The topological polar surface area (TPSA) is 111 Å². The van der Waals surface area contributed by atoms with E-state index in [2.05, 4.69) is 5.32 Å². The number of nitrogens with one attached hydrogen (secondary N) is 1. The quantitative estimate of drug-likeness (QED) is 0.486. The molecule has 0 spiro atoms. The largest absolute Gasteiger partial charge is 0.385 e. The third-order valence-corrected chi connectivity index (χ3v) is 3.51. The van der Waals surface area contributed by atoms with E-state index in [1.54, 1.807) is 7.11 Å². The number of hydrogen-bond donors (Lipinski definition) is 3. The van der Waals surface area contributed by atoms with Crippen LogP contribution in [0.25, 0.3) is 0 Å². The van der Waals surface area contributed by atoms with Gasteiger partial charge in [0.25, 0.3) is 0 Å². The van der Waals surface area contributed by atoms with Crippen LogP contribution in [0.2, 0.25) is 0 Å². The second-order valence-electron chi connectivity index (χ2n) is 5.27. The molecule has 0 saturated carbocycles. The molecule has 0 aliphatic carbocycles. The molecule has 1 saturated heterocycles. The van der Waals surface area contributed by atoms with Crippen molar-refractivity contribution >= 4 is 11.8 Å². The van der Waals surface area contributed by atoms with Crippen molar-refractivity contribution in [2.75, 3.05) is 33.4 Å². The molecule has 0 bridgehead atoms. The predicted octanol–water partition coefficient (Wildman–Crippen LogP) is -1.19. The predicted molar refractivity (Wildman–Crippen MR) is 75.9 cm³/mol. The van der Waals surface area contributed by atoms with Gasteiger partial charge in [0.15, 0.2) is 0 Å². The summed E-state index contributed by atoms with van der Waals surface area (Å²) in [4.78, 5) is 24.7. The van der Waals surface area contributed by atoms with Gasteiger partial charge >= 0.3 is 0 Å². The Morgan fingerprint density at radius 1 is 1.40 bits per heavy atom. The van der Waals surface area contributed by atoms with E-state index in [-0.39, 0.29) is 24.4 Å². The lowest BCUT2D eigenvalue weighted by Gasteiger charge is -2.32. The fourth-order valence-corrected chi connectivity index (χ4v) is 2.34. The molecule has 0 aromatic carbocycles. The third kappa shape index (κ3) is 6.31. The fourth-order valence-electron chi connectivity index (χ4n) is 2.34. The first-order valence-corrected chi connectivity index (χ1v) is 7.08. The molecule has 2 amide bonds. The van der Waals surface area contributed by atoms with Gasteiger partial charge in [-0.25, -0.2) is 0 Å². The van der Waals surface area contributed by atoms with Gasteiger partial charge in [0, 0.05) is 32.8 Å². The molecule has 1 heterocycles. The number of ether oxygens (including phenoxy) is 1. The van der Waals surface area contributed by atoms with Crippen LogP contribution < -0.4 is 16.8 Å². The average molecular weight is 286 g/mol. The van der Waals surface area contributed by atoms with Gasteiger partial charge in [-0.3, -0.25) is 14.5 Å². The molecule has 1 aliphatic rings. The maximum atomic E-state index is 11.9. The van der Waals surface area contributed by atoms with Gasteiger partial charge in [0.1, 0.15) is 0 Å². The van der Waals surface area contributed by atoms with Crippen LogP contribution in [0.5, 0.6) is 0 Å². The summed E-state index contributed by atoms with van der Waals surface area (Å²) in [5.74, 6) is -0.415. The van der Waals surface area contributed by atoms with Crippen molar-refractivity contribution in [1.29, 1.82) is 0 Å². The number of carbonyl (C=O) groups excluding carboxylic acids is 2. The highest BCUT2D eigenvalue weighted by atomic mass is 16.5. The zero-order chi connectivity index (χ0) is 15.0. The van der Waals surface area contributed by atoms with Crippen molar-refractivity contribution in [2.24, 2.45) is 11.5 Å². The Morgan fingerprint density at radius 3 is 2.60 bits per heavy atom. The van der Waals surface area contributed by atoms with Crippen LogP contribution in [0.1, 0.15) is 25.7 Å². The van der Waals surface area contributed by atoms with Crippen molar-refractivity contribution < 1.29 is 14.3 Å². The van der Waals surface area contributed by atoms with Gasteiger partial charge in [0.05, 0.1) is 12.6 Å². The van der Waals surface area contributed by atoms with Crippen LogP contribution in [-0.4, -0.2) is 62.1 Å². The second-order valence-corrected chi connectivity index (χ2v) is 5.27. The maximum absolute atomic E-state index is 11.9. The minimum Gasteiger partial charge on any atom is -0.385 e. The molecule has 7 heteroatoms. The SMILES string of the molecule is COCCCC(N)C(=O)NC1CCN(CC(N)=O)CC1. The van der Waals surface area contributed by atoms with Crippen molar-refractivity contribution in [1.82, 2.24) is 10.2 Å². The summed E-state index contributed by atoms with van der Waals surface area (Å²) in [6.45, 7) is 2.45. The monoisotopic (exact) mass is 286 g/mol. The molecule has 1 unspecified atom stereocenters. The number of methoxy groups -OCH3 is 1. The molecule has 20 heavy (non-hydrogen) atoms. The van der Waals surface area contributed by atoms with Gasteiger partial charge in [-0.1, -0.05) is 0 Å². The molecular formula is C13H26N4O3. The van der Waals surface area contributed by atoms with Crippen molar-refractivity contribution in [3.05, 3.63) is 0 Å². The smallest absolute Gasteiger partial charge is 0.237 e. The van der Waals surface area contributed by atoms with Crippen LogP contribution in [0.15, 0.2) is 0 Å². The molecule has 5 N–H and O–H groups in total. The lowest BCUT2D eigenvalue weighted by Crippen LogP contribution is -2.50. The lowest BCUT2D eigenvalue weighted by atomic mass is 10.0. The number of carbonyl (C=O) groups is 2. The molecule has 0 aromatic heterocycles. The van der Waals surface area contributed by atoms with E-state index in [0.29, 0.717) is 13.0 Å². The number of amides is 2. The van der Waals surface area contributed by atoms with Gasteiger partial charge in [-0.05, 0) is 25.7 Å². The minimum atomic E-state index is -0.478. The highest BCUT2D eigenvalue weighted by molar-refractivity contribution is 5.81. The standard InChI is InChI=1S/C13H26N4O3/c1-20-8-2-3-11(14)13(19)16-10-4-6-17(7-5-10)9-12(15)18/h10-11H,2-9,14H2,1H3,(H2,15,18)(H,16,19). The van der Waals surface area contributed by atoms with E-state index >= 15 is 0 Å². The molecule has 0 radical (unpaired) electrons. The van der Waals surface area contributed by atoms with Crippen LogP contribution in [-0.2, 0) is 14.3 Å². The van der Waals surface area contributed by atoms with E-state index in [9.17, 15) is 9.59 Å². The Labute approximate surface area is 120 Å². The van der Waals surface area contributed by atoms with Crippen molar-refractivity contribution in [3.8, 4) is 0 Å². The minimum absolute atomic E-state index is 0.102. The molecule has 1 rings (SSSR count). The summed E-state index contributed by atoms with van der Waals surface area (Å²) < 4.78 is 4.93. The number of piperidine rings is 1. The normalized spacial score (nSPS) is 18.7. The molecule has 0 aromatic rings. The Kier molecular flexibility index (Phi) is 7.50. The van der Waals surface area contributed by atoms with Gasteiger partial charge < -0.3 is 21.5 Å². The summed E-state index contributed by atoms with van der Waals surface area (Å²) in [6, 6.07) is -0.339. The number of primary amides is 1. The highest BCUT2D eigenvalue weighted by Crippen LogP contribution is 2.10. The van der Waals surface area contributed by atoms with Crippen LogP contribution in [0.3, 0.4) is 0 Å². The highest BCUT2D eigenvalue weighted by Gasteiger charge is 2.23. The van der Waals surface area contributed by atoms with E-state index in [1.165, 1.54) is 0 Å². The van der Waals surface area contributed by atoms with Crippen LogP contribution >= 0.6 is 0 Å². The number of rotatable bonds is 8. The van der Waals surface area contributed by atoms with Gasteiger partial charge in [-0.2, -0.15) is 0 Å². The number of hydrogen-bond acceptors (Lipinski definition) is 5. The van der Waals surface area contributed by atoms with Gasteiger partial charge in [-0.15, -0.1) is 0 Å². The van der Waals surface area contributed by atoms with Crippen molar-refractivity contribution in [3.63, 3.8) is 0 Å². The number of likely N-dealkylation sites (tertiary alicyclic amines) is 1. The summed E-state index contributed by atoms with van der Waals surface area (Å²) in [5.41, 5.74) is 11.0. The number of nitrogens with two attached hydrogens (primary N) is 2.